The van der Waals surface area contributed by atoms with Gasteiger partial charge < -0.3 is 20.3 Å². The van der Waals surface area contributed by atoms with Crippen molar-refractivity contribution in [2.45, 2.75) is 39.8 Å². The lowest BCUT2D eigenvalue weighted by atomic mass is 10.1. The molecule has 8 nitrogen and oxygen atoms in total. The maximum atomic E-state index is 6.10. The van der Waals surface area contributed by atoms with Crippen LogP contribution in [0.5, 0.6) is 5.75 Å². The molecule has 2 heterocycles. The molecule has 9 heteroatoms. The van der Waals surface area contributed by atoms with E-state index in [4.69, 9.17) is 9.73 Å². The number of ether oxygens (including phenoxy) is 1. The molecule has 0 unspecified atom stereocenters. The zero-order valence-corrected chi connectivity index (χ0v) is 22.6. The molecule has 0 spiro atoms. The molecule has 0 atom stereocenters. The molecular formula is C24H38IN7O. The van der Waals surface area contributed by atoms with Gasteiger partial charge in [-0.15, -0.1) is 24.0 Å². The molecule has 182 valence electrons. The molecule has 1 saturated heterocycles. The molecule has 3 rings (SSSR count). The molecule has 1 aromatic heterocycles. The third-order valence-corrected chi connectivity index (χ3v) is 5.07. The van der Waals surface area contributed by atoms with Crippen molar-refractivity contribution in [3.63, 3.8) is 0 Å². The number of anilines is 1. The lowest BCUT2D eigenvalue weighted by molar-refractivity contribution is 0.129. The third kappa shape index (κ3) is 9.32. The van der Waals surface area contributed by atoms with Crippen LogP contribution in [0.3, 0.4) is 0 Å². The zero-order valence-electron chi connectivity index (χ0n) is 20.3. The van der Waals surface area contributed by atoms with Gasteiger partial charge in [-0.05, 0) is 39.8 Å². The van der Waals surface area contributed by atoms with E-state index >= 15 is 0 Å². The first-order valence-electron chi connectivity index (χ1n) is 11.5. The van der Waals surface area contributed by atoms with Crippen LogP contribution in [0.2, 0.25) is 0 Å². The van der Waals surface area contributed by atoms with Crippen LogP contribution in [-0.2, 0) is 6.54 Å². The smallest absolute Gasteiger partial charge is 0.225 e. The van der Waals surface area contributed by atoms with Crippen molar-refractivity contribution < 1.29 is 4.74 Å². The molecule has 0 bridgehead atoms. The Morgan fingerprint density at radius 3 is 2.39 bits per heavy atom. The molecule has 0 saturated carbocycles. The van der Waals surface area contributed by atoms with Gasteiger partial charge in [0.2, 0.25) is 5.95 Å². The SMILES string of the molecule is CCNC(=NCc1ccccc1OC(C)(C)C)NCCN1CCN(c2ncccn2)CC1.I. The lowest BCUT2D eigenvalue weighted by Gasteiger charge is -2.34. The fraction of sp³-hybridized carbons (Fsp3) is 0.542. The van der Waals surface area contributed by atoms with Crippen LogP contribution in [0, 0.1) is 0 Å². The molecule has 1 fully saturated rings. The summed E-state index contributed by atoms with van der Waals surface area (Å²) in [4.78, 5) is 18.2. The fourth-order valence-electron chi connectivity index (χ4n) is 3.53. The Balaban J connectivity index is 0.00000385. The number of piperazine rings is 1. The van der Waals surface area contributed by atoms with Gasteiger partial charge in [0, 0.05) is 63.8 Å². The Morgan fingerprint density at radius 2 is 1.73 bits per heavy atom. The highest BCUT2D eigenvalue weighted by Gasteiger charge is 2.18. The van der Waals surface area contributed by atoms with Gasteiger partial charge in [-0.1, -0.05) is 18.2 Å². The van der Waals surface area contributed by atoms with E-state index in [2.05, 4.69) is 64.2 Å². The van der Waals surface area contributed by atoms with Gasteiger partial charge in [-0.25, -0.2) is 15.0 Å². The van der Waals surface area contributed by atoms with E-state index in [1.54, 1.807) is 12.4 Å². The van der Waals surface area contributed by atoms with Crippen molar-refractivity contribution in [1.82, 2.24) is 25.5 Å². The van der Waals surface area contributed by atoms with E-state index in [1.165, 1.54) is 0 Å². The van der Waals surface area contributed by atoms with Gasteiger partial charge in [-0.3, -0.25) is 4.90 Å². The number of nitrogens with zero attached hydrogens (tertiary/aromatic N) is 5. The number of benzene rings is 1. The summed E-state index contributed by atoms with van der Waals surface area (Å²) in [6.07, 6.45) is 3.60. The molecule has 0 radical (unpaired) electrons. The number of aromatic nitrogens is 2. The van der Waals surface area contributed by atoms with Crippen LogP contribution in [-0.4, -0.2) is 72.2 Å². The number of hydrogen-bond acceptors (Lipinski definition) is 6. The zero-order chi connectivity index (χ0) is 22.8. The number of para-hydroxylation sites is 1. The summed E-state index contributed by atoms with van der Waals surface area (Å²) in [6, 6.07) is 9.97. The standard InChI is InChI=1S/C24H37N7O.HI/c1-5-25-22(29-19-20-9-6-7-10-21(20)32-24(2,3)4)26-13-14-30-15-17-31(18-16-30)23-27-11-8-12-28-23;/h6-12H,5,13-19H2,1-4H3,(H2,25,26,29);1H. The van der Waals surface area contributed by atoms with Crippen LogP contribution < -0.4 is 20.3 Å². The monoisotopic (exact) mass is 567 g/mol. The summed E-state index contributed by atoms with van der Waals surface area (Å²) in [6.45, 7) is 15.4. The van der Waals surface area contributed by atoms with Gasteiger partial charge in [0.1, 0.15) is 11.4 Å². The second-order valence-corrected chi connectivity index (χ2v) is 8.82. The lowest BCUT2D eigenvalue weighted by Crippen LogP contribution is -2.49. The average Bonchev–Trinajstić information content (AvgIpc) is 2.78. The first kappa shape index (κ1) is 27.1. The molecule has 1 aliphatic rings. The Morgan fingerprint density at radius 1 is 1.03 bits per heavy atom. The summed E-state index contributed by atoms with van der Waals surface area (Å²) in [5.74, 6) is 2.54. The molecule has 2 N–H and O–H groups in total. The van der Waals surface area contributed by atoms with Crippen LogP contribution in [0.1, 0.15) is 33.3 Å². The highest BCUT2D eigenvalue weighted by atomic mass is 127. The third-order valence-electron chi connectivity index (χ3n) is 5.07. The first-order chi connectivity index (χ1) is 15.4. The summed E-state index contributed by atoms with van der Waals surface area (Å²) >= 11 is 0. The average molecular weight is 568 g/mol. The highest BCUT2D eigenvalue weighted by Crippen LogP contribution is 2.23. The van der Waals surface area contributed by atoms with Crippen molar-refractivity contribution in [2.75, 3.05) is 50.7 Å². The van der Waals surface area contributed by atoms with E-state index < -0.39 is 0 Å². The van der Waals surface area contributed by atoms with Crippen LogP contribution in [0.15, 0.2) is 47.7 Å². The summed E-state index contributed by atoms with van der Waals surface area (Å²) < 4.78 is 6.10. The molecule has 1 aliphatic heterocycles. The fourth-order valence-corrected chi connectivity index (χ4v) is 3.53. The van der Waals surface area contributed by atoms with Gasteiger partial charge in [-0.2, -0.15) is 0 Å². The molecular weight excluding hydrogens is 529 g/mol. The number of halogens is 1. The van der Waals surface area contributed by atoms with Gasteiger partial charge in [0.25, 0.3) is 0 Å². The van der Waals surface area contributed by atoms with E-state index in [1.807, 2.05) is 24.3 Å². The normalized spacial score (nSPS) is 15.0. The molecule has 2 aromatic rings. The minimum Gasteiger partial charge on any atom is -0.488 e. The predicted octanol–water partition coefficient (Wildman–Crippen LogP) is 3.15. The number of nitrogens with one attached hydrogen (secondary N) is 2. The van der Waals surface area contributed by atoms with Crippen LogP contribution in [0.4, 0.5) is 5.95 Å². The summed E-state index contributed by atoms with van der Waals surface area (Å²) in [5.41, 5.74) is 0.845. The molecule has 33 heavy (non-hydrogen) atoms. The Bertz CT molecular complexity index is 849. The first-order valence-corrected chi connectivity index (χ1v) is 11.5. The Hall–Kier alpha value is -2.14. The Labute approximate surface area is 215 Å². The van der Waals surface area contributed by atoms with Crippen LogP contribution >= 0.6 is 24.0 Å². The molecule has 0 amide bonds. The van der Waals surface area contributed by atoms with Crippen LogP contribution in [0.25, 0.3) is 0 Å². The predicted molar refractivity (Wildman–Crippen MR) is 146 cm³/mol. The molecule has 1 aromatic carbocycles. The topological polar surface area (TPSA) is 77.9 Å². The number of aliphatic imine (C=N–C) groups is 1. The second kappa shape index (κ2) is 13.5. The number of rotatable bonds is 8. The Kier molecular flexibility index (Phi) is 11.1. The van der Waals surface area contributed by atoms with Crippen molar-refractivity contribution in [3.05, 3.63) is 48.3 Å². The van der Waals surface area contributed by atoms with E-state index in [-0.39, 0.29) is 29.6 Å². The van der Waals surface area contributed by atoms with Crippen molar-refractivity contribution in [3.8, 4) is 5.75 Å². The highest BCUT2D eigenvalue weighted by molar-refractivity contribution is 14.0. The van der Waals surface area contributed by atoms with E-state index in [9.17, 15) is 0 Å². The second-order valence-electron chi connectivity index (χ2n) is 8.82. The van der Waals surface area contributed by atoms with E-state index in [0.29, 0.717) is 6.54 Å². The van der Waals surface area contributed by atoms with Crippen molar-refractivity contribution in [1.29, 1.82) is 0 Å². The van der Waals surface area contributed by atoms with Gasteiger partial charge in [0.15, 0.2) is 5.96 Å². The maximum absolute atomic E-state index is 6.10. The van der Waals surface area contributed by atoms with Gasteiger partial charge >= 0.3 is 0 Å². The van der Waals surface area contributed by atoms with E-state index in [0.717, 1.165) is 69.0 Å². The summed E-state index contributed by atoms with van der Waals surface area (Å²) in [5, 5.41) is 6.81. The minimum atomic E-state index is -0.237. The molecule has 0 aliphatic carbocycles. The van der Waals surface area contributed by atoms with Crippen molar-refractivity contribution in [2.24, 2.45) is 4.99 Å². The summed E-state index contributed by atoms with van der Waals surface area (Å²) in [7, 11) is 0. The number of guanidine groups is 1. The maximum Gasteiger partial charge on any atom is 0.225 e. The van der Waals surface area contributed by atoms with Gasteiger partial charge in [0.05, 0.1) is 6.54 Å². The number of hydrogen-bond donors (Lipinski definition) is 2. The van der Waals surface area contributed by atoms with Crippen molar-refractivity contribution >= 4 is 35.9 Å². The minimum absolute atomic E-state index is 0. The largest absolute Gasteiger partial charge is 0.488 e. The quantitative estimate of drug-likeness (QED) is 0.289.